The van der Waals surface area contributed by atoms with Crippen LogP contribution < -0.4 is 10.1 Å². The minimum atomic E-state index is -0.685. The molecule has 0 unspecified atom stereocenters. The van der Waals surface area contributed by atoms with Crippen molar-refractivity contribution in [3.8, 4) is 5.75 Å². The molecule has 1 aromatic rings. The highest BCUT2D eigenvalue weighted by Crippen LogP contribution is 2.30. The van der Waals surface area contributed by atoms with Gasteiger partial charge in [0.05, 0.1) is 12.2 Å². The molecule has 2 N–H and O–H groups in total. The maximum atomic E-state index is 12.0. The molecule has 4 nitrogen and oxygen atoms in total. The number of hydrogen-bond acceptors (Lipinski definition) is 3. The van der Waals surface area contributed by atoms with E-state index in [0.717, 1.165) is 31.4 Å². The fourth-order valence-corrected chi connectivity index (χ4v) is 2.22. The predicted molar refractivity (Wildman–Crippen MR) is 82.5 cm³/mol. The molecule has 0 spiro atoms. The summed E-state index contributed by atoms with van der Waals surface area (Å²) < 4.78 is 5.62. The lowest BCUT2D eigenvalue weighted by Gasteiger charge is -2.36. The Morgan fingerprint density at radius 3 is 2.52 bits per heavy atom. The molecule has 0 aromatic heterocycles. The van der Waals surface area contributed by atoms with Crippen LogP contribution in [0.3, 0.4) is 0 Å². The molecule has 1 aromatic carbocycles. The Labute approximate surface area is 126 Å². The van der Waals surface area contributed by atoms with Crippen LogP contribution in [0.1, 0.15) is 49.9 Å². The number of hydrogen-bond donors (Lipinski definition) is 2. The summed E-state index contributed by atoms with van der Waals surface area (Å²) in [7, 11) is 0. The number of aliphatic hydroxyl groups is 1. The number of amides is 1. The van der Waals surface area contributed by atoms with Crippen LogP contribution in [0.4, 0.5) is 0 Å². The van der Waals surface area contributed by atoms with Gasteiger partial charge in [0.25, 0.3) is 5.91 Å². The van der Waals surface area contributed by atoms with E-state index in [0.29, 0.717) is 24.6 Å². The molecular weight excluding hydrogens is 266 g/mol. The summed E-state index contributed by atoms with van der Waals surface area (Å²) >= 11 is 0. The summed E-state index contributed by atoms with van der Waals surface area (Å²) in [4.78, 5) is 12.0. The van der Waals surface area contributed by atoms with E-state index in [2.05, 4.69) is 19.2 Å². The second kappa shape index (κ2) is 6.94. The van der Waals surface area contributed by atoms with Crippen molar-refractivity contribution in [3.63, 3.8) is 0 Å². The minimum Gasteiger partial charge on any atom is -0.494 e. The molecule has 1 aliphatic carbocycles. The first-order valence-electron chi connectivity index (χ1n) is 7.72. The molecular formula is C17H25NO3. The lowest BCUT2D eigenvalue weighted by Crippen LogP contribution is -2.47. The maximum absolute atomic E-state index is 12.0. The highest BCUT2D eigenvalue weighted by Gasteiger charge is 2.34. The van der Waals surface area contributed by atoms with Crippen LogP contribution in [-0.4, -0.2) is 29.8 Å². The van der Waals surface area contributed by atoms with E-state index in [1.54, 1.807) is 12.1 Å². The van der Waals surface area contributed by atoms with Gasteiger partial charge < -0.3 is 15.2 Å². The standard InChI is InChI=1S/C17H25NO3/c1-13(2)8-11-21-15-6-4-14(5-7-15)16(19)18-12-17(20)9-3-10-17/h4-7,13,20H,3,8-12H2,1-2H3,(H,18,19). The molecule has 2 rings (SSSR count). The largest absolute Gasteiger partial charge is 0.494 e. The van der Waals surface area contributed by atoms with Crippen molar-refractivity contribution in [1.82, 2.24) is 5.32 Å². The summed E-state index contributed by atoms with van der Waals surface area (Å²) in [5.41, 5.74) is -0.0932. The molecule has 1 amide bonds. The average molecular weight is 291 g/mol. The average Bonchev–Trinajstić information content (AvgIpc) is 2.43. The first-order valence-corrected chi connectivity index (χ1v) is 7.72. The Morgan fingerprint density at radius 2 is 2.00 bits per heavy atom. The van der Waals surface area contributed by atoms with Crippen LogP contribution in [0.2, 0.25) is 0 Å². The van der Waals surface area contributed by atoms with Crippen molar-refractivity contribution in [1.29, 1.82) is 0 Å². The van der Waals surface area contributed by atoms with Crippen molar-refractivity contribution in [3.05, 3.63) is 29.8 Å². The number of nitrogens with one attached hydrogen (secondary N) is 1. The van der Waals surface area contributed by atoms with Crippen molar-refractivity contribution >= 4 is 5.91 Å². The summed E-state index contributed by atoms with van der Waals surface area (Å²) in [6.07, 6.45) is 3.60. The molecule has 0 bridgehead atoms. The van der Waals surface area contributed by atoms with Gasteiger partial charge in [-0.25, -0.2) is 0 Å². The van der Waals surface area contributed by atoms with Crippen LogP contribution in [0.15, 0.2) is 24.3 Å². The quantitative estimate of drug-likeness (QED) is 0.812. The number of carbonyl (C=O) groups is 1. The molecule has 0 atom stereocenters. The van der Waals surface area contributed by atoms with Gasteiger partial charge in [0.1, 0.15) is 5.75 Å². The molecule has 21 heavy (non-hydrogen) atoms. The second-order valence-electron chi connectivity index (χ2n) is 6.32. The third-order valence-corrected chi connectivity index (χ3v) is 3.94. The predicted octanol–water partition coefficient (Wildman–Crippen LogP) is 2.76. The first kappa shape index (κ1) is 15.8. The molecule has 1 fully saturated rings. The van der Waals surface area contributed by atoms with Crippen LogP contribution in [0.25, 0.3) is 0 Å². The van der Waals surface area contributed by atoms with Gasteiger partial charge in [-0.3, -0.25) is 4.79 Å². The Hall–Kier alpha value is -1.55. The van der Waals surface area contributed by atoms with E-state index in [9.17, 15) is 9.90 Å². The zero-order chi connectivity index (χ0) is 15.3. The molecule has 1 saturated carbocycles. The summed E-state index contributed by atoms with van der Waals surface area (Å²) in [6.45, 7) is 5.34. The van der Waals surface area contributed by atoms with Gasteiger partial charge in [-0.1, -0.05) is 13.8 Å². The monoisotopic (exact) mass is 291 g/mol. The van der Waals surface area contributed by atoms with Gasteiger partial charge in [0.15, 0.2) is 0 Å². The number of carbonyl (C=O) groups excluding carboxylic acids is 1. The van der Waals surface area contributed by atoms with Gasteiger partial charge >= 0.3 is 0 Å². The van der Waals surface area contributed by atoms with Crippen molar-refractivity contribution in [2.24, 2.45) is 5.92 Å². The van der Waals surface area contributed by atoms with E-state index in [1.807, 2.05) is 12.1 Å². The lowest BCUT2D eigenvalue weighted by molar-refractivity contribution is -0.0300. The van der Waals surface area contributed by atoms with Crippen LogP contribution >= 0.6 is 0 Å². The third-order valence-electron chi connectivity index (χ3n) is 3.94. The lowest BCUT2D eigenvalue weighted by atomic mass is 9.80. The van der Waals surface area contributed by atoms with E-state index >= 15 is 0 Å². The number of ether oxygens (including phenoxy) is 1. The summed E-state index contributed by atoms with van der Waals surface area (Å²) in [5.74, 6) is 1.25. The van der Waals surface area contributed by atoms with Crippen LogP contribution in [0.5, 0.6) is 5.75 Å². The molecule has 116 valence electrons. The highest BCUT2D eigenvalue weighted by atomic mass is 16.5. The topological polar surface area (TPSA) is 58.6 Å². The van der Waals surface area contributed by atoms with Gasteiger partial charge in [-0.05, 0) is 55.9 Å². The van der Waals surface area contributed by atoms with E-state index < -0.39 is 5.60 Å². The normalized spacial score (nSPS) is 16.4. The molecule has 4 heteroatoms. The van der Waals surface area contributed by atoms with E-state index in [-0.39, 0.29) is 5.91 Å². The zero-order valence-electron chi connectivity index (χ0n) is 12.9. The Morgan fingerprint density at radius 1 is 1.33 bits per heavy atom. The number of rotatable bonds is 7. The van der Waals surface area contributed by atoms with Gasteiger partial charge in [0.2, 0.25) is 0 Å². The molecule has 1 aliphatic rings. The maximum Gasteiger partial charge on any atom is 0.251 e. The van der Waals surface area contributed by atoms with E-state index in [4.69, 9.17) is 4.74 Å². The summed E-state index contributed by atoms with van der Waals surface area (Å²) in [6, 6.07) is 7.14. The Balaban J connectivity index is 1.79. The Bertz CT molecular complexity index is 463. The van der Waals surface area contributed by atoms with Gasteiger partial charge in [0, 0.05) is 12.1 Å². The number of benzene rings is 1. The SMILES string of the molecule is CC(C)CCOc1ccc(C(=O)NCC2(O)CCC2)cc1. The van der Waals surface area contributed by atoms with E-state index in [1.165, 1.54) is 0 Å². The minimum absolute atomic E-state index is 0.149. The molecule has 0 aliphatic heterocycles. The zero-order valence-corrected chi connectivity index (χ0v) is 12.9. The van der Waals surface area contributed by atoms with Crippen molar-refractivity contribution < 1.29 is 14.6 Å². The molecule has 0 heterocycles. The Kier molecular flexibility index (Phi) is 5.23. The fraction of sp³-hybridized carbons (Fsp3) is 0.588. The van der Waals surface area contributed by atoms with Gasteiger partial charge in [-0.15, -0.1) is 0 Å². The smallest absolute Gasteiger partial charge is 0.251 e. The first-order chi connectivity index (χ1) is 9.98. The van der Waals surface area contributed by atoms with Crippen molar-refractivity contribution in [2.75, 3.05) is 13.2 Å². The van der Waals surface area contributed by atoms with Crippen LogP contribution in [-0.2, 0) is 0 Å². The third kappa shape index (κ3) is 4.74. The van der Waals surface area contributed by atoms with Crippen LogP contribution in [0, 0.1) is 5.92 Å². The van der Waals surface area contributed by atoms with Crippen molar-refractivity contribution in [2.45, 2.75) is 45.1 Å². The summed E-state index contributed by atoms with van der Waals surface area (Å²) in [5, 5.41) is 12.7. The second-order valence-corrected chi connectivity index (χ2v) is 6.32. The van der Waals surface area contributed by atoms with Gasteiger partial charge in [-0.2, -0.15) is 0 Å². The highest BCUT2D eigenvalue weighted by molar-refractivity contribution is 5.94. The molecule has 0 saturated heterocycles. The fourth-order valence-electron chi connectivity index (χ4n) is 2.22. The molecule has 0 radical (unpaired) electrons.